The molecule has 0 radical (unpaired) electrons. The van der Waals surface area contributed by atoms with Gasteiger partial charge in [-0.3, -0.25) is 9.59 Å². The summed E-state index contributed by atoms with van der Waals surface area (Å²) in [5.41, 5.74) is 11.3. The van der Waals surface area contributed by atoms with E-state index in [9.17, 15) is 14.7 Å². The van der Waals surface area contributed by atoms with Crippen LogP contribution in [0.3, 0.4) is 0 Å². The van der Waals surface area contributed by atoms with Crippen LogP contribution in [0.5, 0.6) is 0 Å². The van der Waals surface area contributed by atoms with Crippen LogP contribution in [-0.2, 0) is 14.3 Å². The molecule has 4 unspecified atom stereocenters. The summed E-state index contributed by atoms with van der Waals surface area (Å²) >= 11 is 1.21. The Hall–Kier alpha value is -0.830. The predicted molar refractivity (Wildman–Crippen MR) is 124 cm³/mol. The molecule has 4 rings (SSSR count). The van der Waals surface area contributed by atoms with E-state index < -0.39 is 30.3 Å². The number of hydrogen-bond acceptors (Lipinski definition) is 7. The molecule has 4 fully saturated rings. The standard InChI is InChI=1S/C24H40N2O5S/c25-20(22(27)28)11-32-12-21(26)24(30)31-23(29)15-6-7-17-14(10-15)5-9-18-16-3-1-2-13(16)4-8-19(17)18/h13-21,23,29H,1-12,25-26H2,(H,27,28)/t13-,14?,15?,16+,17-,18-,19+,20?,21-,23?/m0/s1. The zero-order valence-corrected chi connectivity index (χ0v) is 19.8. The number of esters is 1. The first-order valence-corrected chi connectivity index (χ1v) is 13.7. The molecule has 0 aromatic carbocycles. The summed E-state index contributed by atoms with van der Waals surface area (Å²) < 4.78 is 5.33. The number of thioether (sulfide) groups is 1. The fraction of sp³-hybridized carbons (Fsp3) is 0.917. The van der Waals surface area contributed by atoms with E-state index in [0.29, 0.717) is 5.92 Å². The van der Waals surface area contributed by atoms with Gasteiger partial charge in [-0.25, -0.2) is 0 Å². The molecule has 0 bridgehead atoms. The third-order valence-corrected chi connectivity index (χ3v) is 10.2. The number of aliphatic hydroxyl groups excluding tert-OH is 1. The second-order valence-electron chi connectivity index (χ2n) is 10.8. The van der Waals surface area contributed by atoms with Crippen molar-refractivity contribution in [2.75, 3.05) is 11.5 Å². The molecule has 182 valence electrons. The number of rotatable bonds is 8. The molecule has 0 aliphatic heterocycles. The van der Waals surface area contributed by atoms with Crippen LogP contribution >= 0.6 is 11.8 Å². The molecule has 0 saturated heterocycles. The first-order valence-electron chi connectivity index (χ1n) is 12.6. The Labute approximate surface area is 195 Å². The smallest absolute Gasteiger partial charge is 0.326 e. The van der Waals surface area contributed by atoms with E-state index >= 15 is 0 Å². The minimum atomic E-state index is -1.11. The molecule has 32 heavy (non-hydrogen) atoms. The third kappa shape index (κ3) is 5.29. The average Bonchev–Trinajstić information content (AvgIpc) is 3.27. The summed E-state index contributed by atoms with van der Waals surface area (Å²) in [4.78, 5) is 23.1. The predicted octanol–water partition coefficient (Wildman–Crippen LogP) is 2.59. The van der Waals surface area contributed by atoms with Gasteiger partial charge < -0.3 is 26.4 Å². The van der Waals surface area contributed by atoms with Crippen molar-refractivity contribution < 1.29 is 24.5 Å². The summed E-state index contributed by atoms with van der Waals surface area (Å²) in [7, 11) is 0. The molecule has 0 aromatic heterocycles. The zero-order valence-electron chi connectivity index (χ0n) is 18.9. The Morgan fingerprint density at radius 2 is 1.47 bits per heavy atom. The summed E-state index contributed by atoms with van der Waals surface area (Å²) in [5, 5.41) is 19.4. The van der Waals surface area contributed by atoms with Crippen LogP contribution in [-0.4, -0.2) is 52.0 Å². The number of carboxylic acid groups (broad SMARTS) is 1. The van der Waals surface area contributed by atoms with Crippen molar-refractivity contribution >= 4 is 23.7 Å². The highest BCUT2D eigenvalue weighted by Crippen LogP contribution is 2.58. The molecule has 0 heterocycles. The van der Waals surface area contributed by atoms with Crippen molar-refractivity contribution in [3.05, 3.63) is 0 Å². The van der Waals surface area contributed by atoms with Crippen LogP contribution in [0.1, 0.15) is 64.2 Å². The lowest BCUT2D eigenvalue weighted by Crippen LogP contribution is -2.46. The summed E-state index contributed by atoms with van der Waals surface area (Å²) in [6.07, 6.45) is 11.6. The van der Waals surface area contributed by atoms with E-state index in [1.165, 1.54) is 56.7 Å². The highest BCUT2D eigenvalue weighted by Gasteiger charge is 2.50. The quantitative estimate of drug-likeness (QED) is 0.315. The number of ether oxygens (including phenoxy) is 1. The largest absolute Gasteiger partial charge is 0.480 e. The number of carbonyl (C=O) groups is 2. The fourth-order valence-corrected chi connectivity index (χ4v) is 8.46. The highest BCUT2D eigenvalue weighted by atomic mass is 32.2. The van der Waals surface area contributed by atoms with Gasteiger partial charge in [-0.05, 0) is 86.9 Å². The average molecular weight is 469 g/mol. The van der Waals surface area contributed by atoms with Gasteiger partial charge in [-0.1, -0.05) is 12.8 Å². The highest BCUT2D eigenvalue weighted by molar-refractivity contribution is 7.99. The van der Waals surface area contributed by atoms with E-state index in [1.54, 1.807) is 0 Å². The molecule has 4 aliphatic rings. The van der Waals surface area contributed by atoms with Gasteiger partial charge in [0, 0.05) is 17.4 Å². The van der Waals surface area contributed by atoms with E-state index in [0.717, 1.165) is 48.9 Å². The van der Waals surface area contributed by atoms with Crippen LogP contribution in [0.2, 0.25) is 0 Å². The maximum absolute atomic E-state index is 12.3. The first kappa shape index (κ1) is 24.3. The fourth-order valence-electron chi connectivity index (χ4n) is 7.53. The Balaban J connectivity index is 1.23. The lowest BCUT2D eigenvalue weighted by Gasteiger charge is -2.53. The van der Waals surface area contributed by atoms with Crippen molar-refractivity contribution in [2.45, 2.75) is 82.6 Å². The Morgan fingerprint density at radius 3 is 2.19 bits per heavy atom. The molecule has 4 aliphatic carbocycles. The normalized spacial score (nSPS) is 39.2. The molecular formula is C24H40N2O5S. The van der Waals surface area contributed by atoms with E-state index in [4.69, 9.17) is 21.3 Å². The minimum absolute atomic E-state index is 0.0140. The topological polar surface area (TPSA) is 136 Å². The summed E-state index contributed by atoms with van der Waals surface area (Å²) in [5.74, 6) is 3.87. The SMILES string of the molecule is NC(CSC[C@H](N)C(=O)OC(O)C1CC[C@H]2C(CC[C@H]3[C@@H]4CCC[C@H]4CC[C@@H]32)C1)C(=O)O. The second kappa shape index (κ2) is 10.6. The summed E-state index contributed by atoms with van der Waals surface area (Å²) in [6.45, 7) is 0. The van der Waals surface area contributed by atoms with Crippen LogP contribution in [0.4, 0.5) is 0 Å². The Kier molecular flexibility index (Phi) is 8.06. The molecule has 0 amide bonds. The van der Waals surface area contributed by atoms with Gasteiger partial charge >= 0.3 is 11.9 Å². The van der Waals surface area contributed by atoms with Gasteiger partial charge in [0.25, 0.3) is 0 Å². The lowest BCUT2D eigenvalue weighted by atomic mass is 9.53. The lowest BCUT2D eigenvalue weighted by molar-refractivity contribution is -0.184. The first-order chi connectivity index (χ1) is 15.3. The maximum Gasteiger partial charge on any atom is 0.326 e. The Morgan fingerprint density at radius 1 is 0.844 bits per heavy atom. The molecule has 0 spiro atoms. The van der Waals surface area contributed by atoms with Gasteiger partial charge in [0.15, 0.2) is 0 Å². The molecule has 4 saturated carbocycles. The van der Waals surface area contributed by atoms with Gasteiger partial charge in [0.05, 0.1) is 0 Å². The van der Waals surface area contributed by atoms with Crippen molar-refractivity contribution in [3.63, 3.8) is 0 Å². The number of nitrogens with two attached hydrogens (primary N) is 2. The molecule has 0 aromatic rings. The number of carboxylic acids is 1. The van der Waals surface area contributed by atoms with Gasteiger partial charge in [-0.15, -0.1) is 0 Å². The minimum Gasteiger partial charge on any atom is -0.480 e. The molecule has 6 N–H and O–H groups in total. The van der Waals surface area contributed by atoms with E-state index in [-0.39, 0.29) is 17.4 Å². The number of aliphatic hydroxyl groups is 1. The van der Waals surface area contributed by atoms with Crippen LogP contribution in [0, 0.1) is 41.4 Å². The van der Waals surface area contributed by atoms with Crippen molar-refractivity contribution in [3.8, 4) is 0 Å². The monoisotopic (exact) mass is 468 g/mol. The number of hydrogen-bond donors (Lipinski definition) is 4. The number of aliphatic carboxylic acids is 1. The number of fused-ring (bicyclic) bond motifs is 5. The van der Waals surface area contributed by atoms with Crippen LogP contribution in [0.25, 0.3) is 0 Å². The maximum atomic E-state index is 12.3. The van der Waals surface area contributed by atoms with Gasteiger partial charge in [0.1, 0.15) is 12.1 Å². The summed E-state index contributed by atoms with van der Waals surface area (Å²) in [6, 6.07) is -1.88. The van der Waals surface area contributed by atoms with Crippen molar-refractivity contribution in [1.82, 2.24) is 0 Å². The molecule has 8 heteroatoms. The van der Waals surface area contributed by atoms with Crippen LogP contribution < -0.4 is 11.5 Å². The number of carbonyl (C=O) groups excluding carboxylic acids is 1. The molecule has 10 atom stereocenters. The van der Waals surface area contributed by atoms with Gasteiger partial charge in [-0.2, -0.15) is 11.8 Å². The van der Waals surface area contributed by atoms with Crippen molar-refractivity contribution in [2.24, 2.45) is 52.9 Å². The van der Waals surface area contributed by atoms with E-state index in [2.05, 4.69) is 0 Å². The van der Waals surface area contributed by atoms with Gasteiger partial charge in [0.2, 0.25) is 6.29 Å². The zero-order chi connectivity index (χ0) is 22.8. The second-order valence-corrected chi connectivity index (χ2v) is 11.8. The van der Waals surface area contributed by atoms with E-state index in [1.807, 2.05) is 0 Å². The Bertz CT molecular complexity index is 679. The van der Waals surface area contributed by atoms with Crippen LogP contribution in [0.15, 0.2) is 0 Å². The molecular weight excluding hydrogens is 428 g/mol. The molecule has 7 nitrogen and oxygen atoms in total. The third-order valence-electron chi connectivity index (χ3n) is 9.05. The van der Waals surface area contributed by atoms with Crippen molar-refractivity contribution in [1.29, 1.82) is 0 Å².